The van der Waals surface area contributed by atoms with Crippen molar-refractivity contribution in [1.29, 1.82) is 0 Å². The minimum absolute atomic E-state index is 0.0253. The summed E-state index contributed by atoms with van der Waals surface area (Å²) in [5.74, 6) is -0.214. The summed E-state index contributed by atoms with van der Waals surface area (Å²) in [6.45, 7) is 5.62. The number of carbonyl (C=O) groups excluding carboxylic acids is 2. The van der Waals surface area contributed by atoms with Crippen molar-refractivity contribution in [3.63, 3.8) is 0 Å². The molecular weight excluding hydrogens is 338 g/mol. The monoisotopic (exact) mass is 367 g/mol. The van der Waals surface area contributed by atoms with Crippen LogP contribution in [0.25, 0.3) is 0 Å². The average molecular weight is 367 g/mol. The van der Waals surface area contributed by atoms with Gasteiger partial charge in [0.1, 0.15) is 0 Å². The van der Waals surface area contributed by atoms with Gasteiger partial charge in [-0.3, -0.25) is 9.59 Å². The van der Waals surface area contributed by atoms with Crippen LogP contribution in [0.5, 0.6) is 0 Å². The number of nitrogens with two attached hydrogens (primary N) is 1. The maximum atomic E-state index is 12.6. The molecule has 3 N–H and O–H groups in total. The van der Waals surface area contributed by atoms with Crippen LogP contribution < -0.4 is 11.1 Å². The zero-order valence-corrected chi connectivity index (χ0v) is 16.2. The van der Waals surface area contributed by atoms with Crippen LogP contribution in [-0.4, -0.2) is 35.8 Å². The Hall–Kier alpha value is -2.66. The van der Waals surface area contributed by atoms with E-state index >= 15 is 0 Å². The predicted octanol–water partition coefficient (Wildman–Crippen LogP) is 3.46. The summed E-state index contributed by atoms with van der Waals surface area (Å²) in [7, 11) is 0. The van der Waals surface area contributed by atoms with Crippen LogP contribution in [0, 0.1) is 0 Å². The molecule has 0 unspecified atom stereocenters. The van der Waals surface area contributed by atoms with Crippen molar-refractivity contribution in [2.75, 3.05) is 18.4 Å². The Morgan fingerprint density at radius 3 is 2.11 bits per heavy atom. The highest BCUT2D eigenvalue weighted by Gasteiger charge is 2.16. The lowest BCUT2D eigenvalue weighted by Crippen LogP contribution is -2.37. The lowest BCUT2D eigenvalue weighted by Gasteiger charge is -2.21. The van der Waals surface area contributed by atoms with Crippen LogP contribution in [-0.2, 0) is 11.2 Å². The molecule has 0 saturated carbocycles. The zero-order chi connectivity index (χ0) is 19.6. The second-order valence-corrected chi connectivity index (χ2v) is 6.66. The highest BCUT2D eigenvalue weighted by Crippen LogP contribution is 2.13. The minimum Gasteiger partial charge on any atom is -0.339 e. The molecule has 1 atom stereocenters. The third-order valence-corrected chi connectivity index (χ3v) is 4.31. The van der Waals surface area contributed by atoms with Gasteiger partial charge in [0.15, 0.2) is 0 Å². The number of hydrogen-bond donors (Lipinski definition) is 2. The minimum atomic E-state index is -0.627. The fourth-order valence-corrected chi connectivity index (χ4v) is 2.93. The molecule has 0 saturated heterocycles. The van der Waals surface area contributed by atoms with Crippen LogP contribution in [0.15, 0.2) is 54.6 Å². The number of rotatable bonds is 9. The number of nitrogens with one attached hydrogen (secondary N) is 1. The standard InChI is InChI=1S/C22H29N3O2/c1-3-14-25(15-4-2)22(27)18-10-12-19(13-11-18)24-21(26)20(23)16-17-8-6-5-7-9-17/h5-13,20H,3-4,14-16,23H2,1-2H3,(H,24,26)/t20-/m0/s1. The first kappa shape index (κ1) is 20.6. The molecule has 2 aromatic carbocycles. The van der Waals surface area contributed by atoms with E-state index in [0.29, 0.717) is 17.7 Å². The van der Waals surface area contributed by atoms with E-state index in [1.165, 1.54) is 0 Å². The van der Waals surface area contributed by atoms with E-state index in [1.807, 2.05) is 35.2 Å². The van der Waals surface area contributed by atoms with Gasteiger partial charge in [0, 0.05) is 24.3 Å². The van der Waals surface area contributed by atoms with Gasteiger partial charge >= 0.3 is 0 Å². The van der Waals surface area contributed by atoms with Crippen molar-refractivity contribution in [3.8, 4) is 0 Å². The summed E-state index contributed by atoms with van der Waals surface area (Å²) in [4.78, 5) is 26.8. The molecular formula is C22H29N3O2. The summed E-state index contributed by atoms with van der Waals surface area (Å²) in [5.41, 5.74) is 8.29. The molecule has 5 nitrogen and oxygen atoms in total. The van der Waals surface area contributed by atoms with Gasteiger partial charge in [-0.1, -0.05) is 44.2 Å². The third-order valence-electron chi connectivity index (χ3n) is 4.31. The van der Waals surface area contributed by atoms with Gasteiger partial charge in [-0.05, 0) is 49.1 Å². The summed E-state index contributed by atoms with van der Waals surface area (Å²) < 4.78 is 0. The van der Waals surface area contributed by atoms with Gasteiger partial charge in [-0.2, -0.15) is 0 Å². The molecule has 2 rings (SSSR count). The Morgan fingerprint density at radius 1 is 0.963 bits per heavy atom. The normalized spacial score (nSPS) is 11.7. The molecule has 0 aliphatic carbocycles. The second kappa shape index (κ2) is 10.5. The summed E-state index contributed by atoms with van der Waals surface area (Å²) in [6, 6.07) is 16.0. The Kier molecular flexibility index (Phi) is 8.01. The van der Waals surface area contributed by atoms with Gasteiger partial charge in [-0.15, -0.1) is 0 Å². The third kappa shape index (κ3) is 6.22. The fourth-order valence-electron chi connectivity index (χ4n) is 2.93. The topological polar surface area (TPSA) is 75.4 Å². The van der Waals surface area contributed by atoms with Gasteiger partial charge in [0.05, 0.1) is 6.04 Å². The molecule has 0 spiro atoms. The van der Waals surface area contributed by atoms with E-state index in [2.05, 4.69) is 19.2 Å². The van der Waals surface area contributed by atoms with E-state index in [4.69, 9.17) is 5.73 Å². The molecule has 0 bridgehead atoms. The van der Waals surface area contributed by atoms with Crippen LogP contribution in [0.4, 0.5) is 5.69 Å². The summed E-state index contributed by atoms with van der Waals surface area (Å²) in [6.07, 6.45) is 2.34. The molecule has 144 valence electrons. The lowest BCUT2D eigenvalue weighted by molar-refractivity contribution is -0.117. The van der Waals surface area contributed by atoms with Gasteiger partial charge in [0.2, 0.25) is 5.91 Å². The number of anilines is 1. The largest absolute Gasteiger partial charge is 0.339 e. The van der Waals surface area contributed by atoms with Crippen molar-refractivity contribution in [1.82, 2.24) is 4.90 Å². The van der Waals surface area contributed by atoms with E-state index in [9.17, 15) is 9.59 Å². The number of amides is 2. The first-order valence-electron chi connectivity index (χ1n) is 9.54. The van der Waals surface area contributed by atoms with Crippen molar-refractivity contribution >= 4 is 17.5 Å². The number of nitrogens with zero attached hydrogens (tertiary/aromatic N) is 1. The van der Waals surface area contributed by atoms with E-state index in [1.54, 1.807) is 24.3 Å². The fraction of sp³-hybridized carbons (Fsp3) is 0.364. The molecule has 2 aromatic rings. The smallest absolute Gasteiger partial charge is 0.253 e. The molecule has 0 aliphatic rings. The van der Waals surface area contributed by atoms with Crippen LogP contribution in [0.1, 0.15) is 42.6 Å². The van der Waals surface area contributed by atoms with Crippen LogP contribution in [0.3, 0.4) is 0 Å². The van der Waals surface area contributed by atoms with Gasteiger partial charge < -0.3 is 16.0 Å². The molecule has 27 heavy (non-hydrogen) atoms. The first-order chi connectivity index (χ1) is 13.0. The molecule has 0 heterocycles. The number of hydrogen-bond acceptors (Lipinski definition) is 3. The van der Waals surface area contributed by atoms with E-state index in [-0.39, 0.29) is 11.8 Å². The molecule has 0 aromatic heterocycles. The van der Waals surface area contributed by atoms with E-state index < -0.39 is 6.04 Å². The van der Waals surface area contributed by atoms with Gasteiger partial charge in [-0.25, -0.2) is 0 Å². The first-order valence-corrected chi connectivity index (χ1v) is 9.54. The molecule has 2 amide bonds. The Balaban J connectivity index is 1.96. The van der Waals surface area contributed by atoms with Crippen LogP contribution in [0.2, 0.25) is 0 Å². The quantitative estimate of drug-likeness (QED) is 0.713. The van der Waals surface area contributed by atoms with Crippen molar-refractivity contribution < 1.29 is 9.59 Å². The number of carbonyl (C=O) groups is 2. The Morgan fingerprint density at radius 2 is 1.56 bits per heavy atom. The van der Waals surface area contributed by atoms with E-state index in [0.717, 1.165) is 31.5 Å². The maximum Gasteiger partial charge on any atom is 0.253 e. The molecule has 0 aliphatic heterocycles. The van der Waals surface area contributed by atoms with Gasteiger partial charge in [0.25, 0.3) is 5.91 Å². The van der Waals surface area contributed by atoms with Crippen molar-refractivity contribution in [3.05, 3.63) is 65.7 Å². The Bertz CT molecular complexity index is 723. The highest BCUT2D eigenvalue weighted by molar-refractivity contribution is 5.97. The molecule has 0 radical (unpaired) electrons. The number of benzene rings is 2. The summed E-state index contributed by atoms with van der Waals surface area (Å²) in [5, 5.41) is 2.82. The zero-order valence-electron chi connectivity index (χ0n) is 16.2. The maximum absolute atomic E-state index is 12.6. The Labute approximate surface area is 161 Å². The van der Waals surface area contributed by atoms with Crippen molar-refractivity contribution in [2.45, 2.75) is 39.2 Å². The SMILES string of the molecule is CCCN(CCC)C(=O)c1ccc(NC(=O)[C@@H](N)Cc2ccccc2)cc1. The second-order valence-electron chi connectivity index (χ2n) is 6.66. The predicted molar refractivity (Wildman–Crippen MR) is 110 cm³/mol. The van der Waals surface area contributed by atoms with Crippen molar-refractivity contribution in [2.24, 2.45) is 5.73 Å². The van der Waals surface area contributed by atoms with Crippen LogP contribution >= 0.6 is 0 Å². The lowest BCUT2D eigenvalue weighted by atomic mass is 10.1. The molecule has 0 fully saturated rings. The average Bonchev–Trinajstić information content (AvgIpc) is 2.68. The molecule has 5 heteroatoms. The highest BCUT2D eigenvalue weighted by atomic mass is 16.2. The summed E-state index contributed by atoms with van der Waals surface area (Å²) >= 11 is 0.